The maximum atomic E-state index is 10.6. The van der Waals surface area contributed by atoms with Crippen LogP contribution in [0.5, 0.6) is 0 Å². The first-order chi connectivity index (χ1) is 6.57. The second-order valence-corrected chi connectivity index (χ2v) is 3.05. The number of benzene rings is 1. The summed E-state index contributed by atoms with van der Waals surface area (Å²) in [7, 11) is 0. The van der Waals surface area contributed by atoms with Gasteiger partial charge in [0.1, 0.15) is 5.69 Å². The summed E-state index contributed by atoms with van der Waals surface area (Å²) in [5, 5.41) is 10.6. The average Bonchev–Trinajstić information content (AvgIpc) is 2.16. The van der Waals surface area contributed by atoms with Gasteiger partial charge in [0.25, 0.3) is 5.69 Å². The van der Waals surface area contributed by atoms with E-state index in [1.807, 2.05) is 6.92 Å². The maximum absolute atomic E-state index is 10.6. The van der Waals surface area contributed by atoms with Crippen molar-refractivity contribution in [2.24, 2.45) is 5.73 Å². The van der Waals surface area contributed by atoms with Crippen LogP contribution in [0, 0.1) is 10.1 Å². The number of nitro benzene ring substituents is 1. The largest absolute Gasteiger partial charge is 0.393 e. The lowest BCUT2D eigenvalue weighted by Crippen LogP contribution is -2.12. The number of para-hydroxylation sites is 1. The van der Waals surface area contributed by atoms with Crippen LogP contribution < -0.4 is 11.5 Å². The highest BCUT2D eigenvalue weighted by atomic mass is 16.6. The molecule has 0 spiro atoms. The minimum atomic E-state index is -0.499. The molecule has 1 rings (SSSR count). The third kappa shape index (κ3) is 1.82. The van der Waals surface area contributed by atoms with Crippen LogP contribution >= 0.6 is 0 Å². The number of nitrogen functional groups attached to an aromatic ring is 1. The summed E-state index contributed by atoms with van der Waals surface area (Å²) in [6, 6.07) is 4.45. The first-order valence-electron chi connectivity index (χ1n) is 4.36. The monoisotopic (exact) mass is 195 g/mol. The molecule has 0 unspecified atom stereocenters. The van der Waals surface area contributed by atoms with E-state index in [1.54, 1.807) is 12.1 Å². The highest BCUT2D eigenvalue weighted by Crippen LogP contribution is 2.29. The van der Waals surface area contributed by atoms with Crippen molar-refractivity contribution in [3.05, 3.63) is 33.9 Å². The molecule has 5 heteroatoms. The molecule has 1 atom stereocenters. The van der Waals surface area contributed by atoms with E-state index >= 15 is 0 Å². The van der Waals surface area contributed by atoms with Crippen molar-refractivity contribution in [2.75, 3.05) is 5.73 Å². The number of nitro groups is 1. The van der Waals surface area contributed by atoms with E-state index in [-0.39, 0.29) is 17.4 Å². The number of nitrogens with zero attached hydrogens (tertiary/aromatic N) is 1. The Balaban J connectivity index is 3.20. The molecule has 0 heterocycles. The summed E-state index contributed by atoms with van der Waals surface area (Å²) in [4.78, 5) is 10.1. The molecule has 76 valence electrons. The molecule has 1 aromatic rings. The first kappa shape index (κ1) is 10.5. The van der Waals surface area contributed by atoms with Gasteiger partial charge in [-0.05, 0) is 12.0 Å². The van der Waals surface area contributed by atoms with E-state index < -0.39 is 4.92 Å². The van der Waals surface area contributed by atoms with Crippen molar-refractivity contribution < 1.29 is 4.92 Å². The van der Waals surface area contributed by atoms with Crippen LogP contribution in [0.2, 0.25) is 0 Å². The van der Waals surface area contributed by atoms with Crippen LogP contribution in [-0.2, 0) is 0 Å². The molecule has 0 bridgehead atoms. The van der Waals surface area contributed by atoms with E-state index in [0.29, 0.717) is 12.0 Å². The molecule has 14 heavy (non-hydrogen) atoms. The van der Waals surface area contributed by atoms with Gasteiger partial charge in [-0.15, -0.1) is 0 Å². The predicted molar refractivity (Wildman–Crippen MR) is 54.7 cm³/mol. The molecule has 5 nitrogen and oxygen atoms in total. The molecule has 0 radical (unpaired) electrons. The Bertz CT molecular complexity index is 352. The SMILES string of the molecule is CC[C@H](N)c1cccc([N+](=O)[O-])c1N. The molecule has 0 amide bonds. The summed E-state index contributed by atoms with van der Waals surface area (Å²) < 4.78 is 0. The summed E-state index contributed by atoms with van der Waals surface area (Å²) >= 11 is 0. The third-order valence-corrected chi connectivity index (χ3v) is 2.15. The second-order valence-electron chi connectivity index (χ2n) is 3.05. The summed E-state index contributed by atoms with van der Waals surface area (Å²) in [5.41, 5.74) is 12.1. The van der Waals surface area contributed by atoms with E-state index in [0.717, 1.165) is 0 Å². The zero-order valence-corrected chi connectivity index (χ0v) is 7.93. The second kappa shape index (κ2) is 4.06. The Labute approximate surface area is 81.9 Å². The quantitative estimate of drug-likeness (QED) is 0.435. The average molecular weight is 195 g/mol. The van der Waals surface area contributed by atoms with Crippen molar-refractivity contribution in [3.8, 4) is 0 Å². The van der Waals surface area contributed by atoms with Crippen molar-refractivity contribution >= 4 is 11.4 Å². The molecule has 0 aliphatic carbocycles. The van der Waals surface area contributed by atoms with Gasteiger partial charge in [0, 0.05) is 12.1 Å². The van der Waals surface area contributed by atoms with Gasteiger partial charge in [-0.2, -0.15) is 0 Å². The van der Waals surface area contributed by atoms with Crippen LogP contribution in [0.1, 0.15) is 24.9 Å². The Morgan fingerprint density at radius 1 is 1.57 bits per heavy atom. The van der Waals surface area contributed by atoms with E-state index in [2.05, 4.69) is 0 Å². The van der Waals surface area contributed by atoms with Crippen LogP contribution in [0.3, 0.4) is 0 Å². The highest BCUT2D eigenvalue weighted by molar-refractivity contribution is 5.63. The fourth-order valence-electron chi connectivity index (χ4n) is 1.27. The van der Waals surface area contributed by atoms with Gasteiger partial charge in [0.05, 0.1) is 4.92 Å². The van der Waals surface area contributed by atoms with Crippen molar-refractivity contribution in [3.63, 3.8) is 0 Å². The fraction of sp³-hybridized carbons (Fsp3) is 0.333. The van der Waals surface area contributed by atoms with Crippen LogP contribution in [0.15, 0.2) is 18.2 Å². The molecule has 0 saturated heterocycles. The van der Waals surface area contributed by atoms with Crippen molar-refractivity contribution in [1.29, 1.82) is 0 Å². The standard InChI is InChI=1S/C9H13N3O2/c1-2-7(10)6-4-3-5-8(9(6)11)12(13)14/h3-5,7H,2,10-11H2,1H3/t7-/m0/s1. The van der Waals surface area contributed by atoms with Crippen LogP contribution in [0.25, 0.3) is 0 Å². The minimum Gasteiger partial charge on any atom is -0.393 e. The van der Waals surface area contributed by atoms with E-state index in [1.165, 1.54) is 6.07 Å². The first-order valence-corrected chi connectivity index (χ1v) is 4.36. The minimum absolute atomic E-state index is 0.0774. The Morgan fingerprint density at radius 2 is 2.21 bits per heavy atom. The number of hydrogen-bond acceptors (Lipinski definition) is 4. The van der Waals surface area contributed by atoms with Gasteiger partial charge in [-0.25, -0.2) is 0 Å². The Morgan fingerprint density at radius 3 is 2.71 bits per heavy atom. The molecule has 0 saturated carbocycles. The van der Waals surface area contributed by atoms with Gasteiger partial charge in [0.15, 0.2) is 0 Å². The normalized spacial score (nSPS) is 12.4. The molecular formula is C9H13N3O2. The molecule has 0 fully saturated rings. The van der Waals surface area contributed by atoms with Crippen molar-refractivity contribution in [2.45, 2.75) is 19.4 Å². The summed E-state index contributed by atoms with van der Waals surface area (Å²) in [6.07, 6.45) is 0.700. The molecular weight excluding hydrogens is 182 g/mol. The summed E-state index contributed by atoms with van der Waals surface area (Å²) in [5.74, 6) is 0. The van der Waals surface area contributed by atoms with Gasteiger partial charge in [0.2, 0.25) is 0 Å². The van der Waals surface area contributed by atoms with Crippen LogP contribution in [-0.4, -0.2) is 4.92 Å². The zero-order valence-electron chi connectivity index (χ0n) is 7.93. The van der Waals surface area contributed by atoms with Gasteiger partial charge in [-0.1, -0.05) is 19.1 Å². The lowest BCUT2D eigenvalue weighted by atomic mass is 10.0. The third-order valence-electron chi connectivity index (χ3n) is 2.15. The van der Waals surface area contributed by atoms with Gasteiger partial charge in [-0.3, -0.25) is 10.1 Å². The Hall–Kier alpha value is -1.62. The number of hydrogen-bond donors (Lipinski definition) is 2. The van der Waals surface area contributed by atoms with Crippen molar-refractivity contribution in [1.82, 2.24) is 0 Å². The maximum Gasteiger partial charge on any atom is 0.292 e. The zero-order chi connectivity index (χ0) is 10.7. The van der Waals surface area contributed by atoms with Crippen LogP contribution in [0.4, 0.5) is 11.4 Å². The van der Waals surface area contributed by atoms with E-state index in [9.17, 15) is 10.1 Å². The fourth-order valence-corrected chi connectivity index (χ4v) is 1.27. The van der Waals surface area contributed by atoms with Gasteiger partial charge < -0.3 is 11.5 Å². The lowest BCUT2D eigenvalue weighted by Gasteiger charge is -2.11. The Kier molecular flexibility index (Phi) is 3.03. The molecule has 0 aliphatic rings. The molecule has 0 aliphatic heterocycles. The molecule has 4 N–H and O–H groups in total. The lowest BCUT2D eigenvalue weighted by molar-refractivity contribution is -0.384. The predicted octanol–water partition coefficient (Wildman–Crippen LogP) is 1.59. The molecule has 1 aromatic carbocycles. The number of anilines is 1. The number of rotatable bonds is 3. The highest BCUT2D eigenvalue weighted by Gasteiger charge is 2.16. The van der Waals surface area contributed by atoms with Gasteiger partial charge >= 0.3 is 0 Å². The summed E-state index contributed by atoms with van der Waals surface area (Å²) in [6.45, 7) is 1.91. The number of nitrogens with two attached hydrogens (primary N) is 2. The van der Waals surface area contributed by atoms with E-state index in [4.69, 9.17) is 11.5 Å². The topological polar surface area (TPSA) is 95.2 Å². The smallest absolute Gasteiger partial charge is 0.292 e. The molecule has 0 aromatic heterocycles.